The van der Waals surface area contributed by atoms with Gasteiger partial charge in [-0.25, -0.2) is 0 Å². The van der Waals surface area contributed by atoms with Crippen molar-refractivity contribution in [2.24, 2.45) is 0 Å². The van der Waals surface area contributed by atoms with E-state index >= 15 is 0 Å². The molecule has 0 bridgehead atoms. The van der Waals surface area contributed by atoms with Crippen LogP contribution in [0.25, 0.3) is 0 Å². The summed E-state index contributed by atoms with van der Waals surface area (Å²) >= 11 is 0. The molecule has 0 saturated carbocycles. The minimum Gasteiger partial charge on any atom is -0.783 e. The molecule has 7 heavy (non-hydrogen) atoms. The molecule has 0 N–H and O–H groups in total. The first kappa shape index (κ1) is 15.8. The monoisotopic (exact) mass is 250 g/mol. The van der Waals surface area contributed by atoms with Crippen molar-refractivity contribution < 1.29 is 79.7 Å². The Morgan fingerprint density at radius 3 is 1.29 bits per heavy atom. The van der Waals surface area contributed by atoms with Gasteiger partial charge in [-0.15, -0.1) is 12.9 Å². The van der Waals surface area contributed by atoms with E-state index in [-0.39, 0.29) is 65.4 Å². The molecule has 0 heterocycles. The largest absolute Gasteiger partial charge is 0.783 e. The molecule has 34 valence electrons. The van der Waals surface area contributed by atoms with Crippen molar-refractivity contribution in [2.75, 3.05) is 0 Å². The summed E-state index contributed by atoms with van der Waals surface area (Å²) in [5, 5.41) is 0. The third-order valence-corrected chi connectivity index (χ3v) is 0.0833. The fourth-order valence-electron chi connectivity index (χ4n) is 0.0170. The first-order valence-corrected chi connectivity index (χ1v) is 0.816. The van der Waals surface area contributed by atoms with Gasteiger partial charge in [-0.3, -0.25) is 0 Å². The zero-order valence-electron chi connectivity index (χ0n) is 3.38. The fraction of sp³-hybridized carbons (Fsp3) is 0. The van der Waals surface area contributed by atoms with Gasteiger partial charge >= 0.3 is 0 Å². The zero-order chi connectivity index (χ0) is 4.12. The average molecular weight is 250 g/mol. The van der Waals surface area contributed by atoms with E-state index in [1.807, 2.05) is 0 Å². The van der Waals surface area contributed by atoms with Crippen LogP contribution in [-0.2, 0) is 79.7 Å². The van der Waals surface area contributed by atoms with E-state index in [4.69, 9.17) is 9.59 Å². The van der Waals surface area contributed by atoms with E-state index in [0.29, 0.717) is 0 Å². The van der Waals surface area contributed by atoms with Crippen LogP contribution in [0.3, 0.4) is 0 Å². The maximum atomic E-state index is 8.80. The smallest absolute Gasteiger partial charge is 0 e. The number of hydrogen-bond acceptors (Lipinski definition) is 3. The van der Waals surface area contributed by atoms with Crippen molar-refractivity contribution in [3.05, 3.63) is 0 Å². The van der Waals surface area contributed by atoms with E-state index in [1.165, 1.54) is 0 Å². The first-order valence-electron chi connectivity index (χ1n) is 0.816. The van der Waals surface area contributed by atoms with Crippen molar-refractivity contribution >= 4 is 12.9 Å². The summed E-state index contributed by atoms with van der Waals surface area (Å²) in [7, 11) is 0. The summed E-state index contributed by atoms with van der Waals surface area (Å²) in [6.45, 7) is 1.69. The van der Waals surface area contributed by atoms with E-state index in [0.717, 1.165) is 12.9 Å². The molecule has 0 fully saturated rings. The Hall–Kier alpha value is 1.35. The number of carbonyl (C=O) groups excluding carboxylic acids is 2. The molecular weight excluding hydrogens is 250 g/mol. The van der Waals surface area contributed by atoms with Gasteiger partial charge in [-0.1, -0.05) is 0 Å². The molecule has 0 aromatic heterocycles. The Kier molecular flexibility index (Phi) is 35.3. The summed E-state index contributed by atoms with van der Waals surface area (Å²) in [6.07, 6.45) is 0. The average Bonchev–Trinajstić information content (AvgIpc) is 1.41. The van der Waals surface area contributed by atoms with Gasteiger partial charge in [0.05, 0.1) is 0 Å². The van der Waals surface area contributed by atoms with Crippen molar-refractivity contribution in [2.45, 2.75) is 0 Å². The first-order chi connectivity index (χ1) is 2.41. The van der Waals surface area contributed by atoms with Gasteiger partial charge in [0.2, 0.25) is 0 Å². The molecule has 0 aromatic rings. The molecule has 0 aliphatic heterocycles. The van der Waals surface area contributed by atoms with Gasteiger partial charge in [0.15, 0.2) is 0 Å². The maximum absolute atomic E-state index is 8.80. The number of ether oxygens (including phenoxy) is 1. The van der Waals surface area contributed by atoms with Crippen molar-refractivity contribution in [3.63, 3.8) is 0 Å². The Balaban J connectivity index is -0.0000000800. The van der Waals surface area contributed by atoms with Gasteiger partial charge in [-0.2, -0.15) is 0 Å². The van der Waals surface area contributed by atoms with Gasteiger partial charge in [0.25, 0.3) is 0 Å². The molecule has 0 spiro atoms. The van der Waals surface area contributed by atoms with Crippen LogP contribution in [0.2, 0.25) is 0 Å². The summed E-state index contributed by atoms with van der Waals surface area (Å²) in [6, 6.07) is 0. The van der Waals surface area contributed by atoms with Gasteiger partial charge in [0, 0.05) is 65.4 Å². The van der Waals surface area contributed by atoms with Gasteiger partial charge < -0.3 is 14.3 Å². The Morgan fingerprint density at radius 1 is 1.00 bits per heavy atom. The number of hydrogen-bond donors (Lipinski definition) is 0. The molecular formula is C2O3Y2-2. The van der Waals surface area contributed by atoms with Crippen LogP contribution in [0, 0.1) is 0 Å². The minimum atomic E-state index is 0. The van der Waals surface area contributed by atoms with E-state index in [2.05, 4.69) is 4.74 Å². The van der Waals surface area contributed by atoms with E-state index in [9.17, 15) is 0 Å². The molecule has 0 unspecified atom stereocenters. The van der Waals surface area contributed by atoms with Crippen molar-refractivity contribution in [1.82, 2.24) is 0 Å². The Labute approximate surface area is 91.3 Å². The van der Waals surface area contributed by atoms with Gasteiger partial charge in [0.1, 0.15) is 0 Å². The molecule has 3 nitrogen and oxygen atoms in total. The van der Waals surface area contributed by atoms with Crippen LogP contribution in [0.4, 0.5) is 0 Å². The van der Waals surface area contributed by atoms with Crippen LogP contribution in [0.1, 0.15) is 0 Å². The standard InChI is InChI=1S/C2O3.2Y/c3-1-5-2-4;;/q-2;;. The molecule has 0 aliphatic rings. The molecule has 5 heteroatoms. The molecule has 0 atom stereocenters. The summed E-state index contributed by atoms with van der Waals surface area (Å²) in [5.74, 6) is 0. The molecule has 0 rings (SSSR count). The summed E-state index contributed by atoms with van der Waals surface area (Å²) in [4.78, 5) is 17.6. The minimum absolute atomic E-state index is 0. The van der Waals surface area contributed by atoms with Crippen LogP contribution >= 0.6 is 0 Å². The second-order valence-corrected chi connectivity index (χ2v) is 0.269. The predicted molar refractivity (Wildman–Crippen MR) is 12.5 cm³/mol. The van der Waals surface area contributed by atoms with E-state index < -0.39 is 0 Å². The Morgan fingerprint density at radius 2 is 1.29 bits per heavy atom. The quantitative estimate of drug-likeness (QED) is 0.472. The fourth-order valence-corrected chi connectivity index (χ4v) is 0.0170. The van der Waals surface area contributed by atoms with Crippen LogP contribution < -0.4 is 0 Å². The normalized spacial score (nSPS) is 4.00. The molecule has 2 radical (unpaired) electrons. The summed E-state index contributed by atoms with van der Waals surface area (Å²) < 4.78 is 3.22. The topological polar surface area (TPSA) is 43.4 Å². The summed E-state index contributed by atoms with van der Waals surface area (Å²) in [5.41, 5.74) is 0. The molecule has 0 saturated heterocycles. The van der Waals surface area contributed by atoms with Crippen LogP contribution in [-0.4, -0.2) is 12.9 Å². The van der Waals surface area contributed by atoms with Crippen molar-refractivity contribution in [1.29, 1.82) is 0 Å². The van der Waals surface area contributed by atoms with Crippen LogP contribution in [0.15, 0.2) is 0 Å². The second kappa shape index (κ2) is 15.7. The van der Waals surface area contributed by atoms with E-state index in [1.54, 1.807) is 0 Å². The SMILES string of the molecule is O=[C-]O[C-]=O.[Y].[Y]. The molecule has 0 aliphatic carbocycles. The maximum Gasteiger partial charge on any atom is 0 e. The third-order valence-electron chi connectivity index (χ3n) is 0.0833. The van der Waals surface area contributed by atoms with Crippen LogP contribution in [0.5, 0.6) is 0 Å². The molecule has 0 aromatic carbocycles. The zero-order valence-corrected chi connectivity index (χ0v) is 9.06. The Bertz CT molecular complexity index is 40.2. The van der Waals surface area contributed by atoms with Crippen molar-refractivity contribution in [3.8, 4) is 0 Å². The molecule has 0 amide bonds. The second-order valence-electron chi connectivity index (χ2n) is 0.269. The number of rotatable bonds is 2. The van der Waals surface area contributed by atoms with Gasteiger partial charge in [-0.05, 0) is 0 Å². The predicted octanol–water partition coefficient (Wildman–Crippen LogP) is -0.868. The third kappa shape index (κ3) is 18.7.